The number of H-pyrrole nitrogens is 1. The number of carbonyl (C=O) groups is 1. The molecule has 25 heavy (non-hydrogen) atoms. The van der Waals surface area contributed by atoms with Crippen molar-refractivity contribution < 1.29 is 4.79 Å². The summed E-state index contributed by atoms with van der Waals surface area (Å²) in [5.41, 5.74) is 3.30. The van der Waals surface area contributed by atoms with E-state index in [-0.39, 0.29) is 5.91 Å². The maximum Gasteiger partial charge on any atom is 0.257 e. The predicted molar refractivity (Wildman–Crippen MR) is 102 cm³/mol. The molecule has 0 spiro atoms. The number of halogens is 1. The number of carbonyl (C=O) groups excluding carboxylic acids is 1. The van der Waals surface area contributed by atoms with Crippen LogP contribution in [0.1, 0.15) is 61.5 Å². The number of nitrogens with one attached hydrogen (secondary N) is 1. The Labute approximate surface area is 154 Å². The number of aryl methyl sites for hydroxylation is 1. The van der Waals surface area contributed by atoms with Crippen LogP contribution in [0, 0.1) is 0 Å². The molecular formula is C20H26ClN3O. The summed E-state index contributed by atoms with van der Waals surface area (Å²) >= 11 is 6.01. The van der Waals surface area contributed by atoms with Crippen LogP contribution in [0.25, 0.3) is 11.3 Å². The van der Waals surface area contributed by atoms with Crippen LogP contribution >= 0.6 is 11.6 Å². The van der Waals surface area contributed by atoms with Crippen molar-refractivity contribution in [2.75, 3.05) is 7.05 Å². The van der Waals surface area contributed by atoms with Crippen molar-refractivity contribution in [1.82, 2.24) is 15.1 Å². The third-order valence-electron chi connectivity index (χ3n) is 5.12. The van der Waals surface area contributed by atoms with Crippen LogP contribution in [-0.2, 0) is 6.42 Å². The van der Waals surface area contributed by atoms with Crippen LogP contribution in [0.2, 0.25) is 5.02 Å². The van der Waals surface area contributed by atoms with E-state index in [9.17, 15) is 4.79 Å². The smallest absolute Gasteiger partial charge is 0.257 e. The Morgan fingerprint density at radius 1 is 1.24 bits per heavy atom. The number of aromatic nitrogens is 2. The van der Waals surface area contributed by atoms with Gasteiger partial charge in [0.05, 0.1) is 5.56 Å². The van der Waals surface area contributed by atoms with Crippen LogP contribution in [0.15, 0.2) is 24.3 Å². The quantitative estimate of drug-likeness (QED) is 0.808. The van der Waals surface area contributed by atoms with Gasteiger partial charge in [-0.15, -0.1) is 0 Å². The summed E-state index contributed by atoms with van der Waals surface area (Å²) in [7, 11) is 1.94. The van der Waals surface area contributed by atoms with Gasteiger partial charge in [0.25, 0.3) is 5.91 Å². The van der Waals surface area contributed by atoms with Crippen LogP contribution in [0.4, 0.5) is 0 Å². The molecule has 1 heterocycles. The van der Waals surface area contributed by atoms with Crippen molar-refractivity contribution in [3.63, 3.8) is 0 Å². The summed E-state index contributed by atoms with van der Waals surface area (Å²) in [5.74, 6) is 0.0778. The molecule has 1 N–H and O–H groups in total. The fraction of sp³-hybridized carbons (Fsp3) is 0.500. The first-order chi connectivity index (χ1) is 12.1. The molecule has 0 aliphatic heterocycles. The second-order valence-electron chi connectivity index (χ2n) is 6.89. The molecule has 1 aliphatic rings. The molecule has 1 aromatic heterocycles. The molecule has 1 fully saturated rings. The number of nitrogens with zero attached hydrogens (tertiary/aromatic N) is 2. The summed E-state index contributed by atoms with van der Waals surface area (Å²) in [6, 6.07) is 7.86. The van der Waals surface area contributed by atoms with Crippen LogP contribution in [0.5, 0.6) is 0 Å². The number of rotatable bonds is 5. The minimum absolute atomic E-state index is 0.0778. The first kappa shape index (κ1) is 18.0. The average Bonchev–Trinajstić information content (AvgIpc) is 3.06. The molecular weight excluding hydrogens is 334 g/mol. The van der Waals surface area contributed by atoms with Gasteiger partial charge < -0.3 is 4.90 Å². The summed E-state index contributed by atoms with van der Waals surface area (Å²) in [6.45, 7) is 2.11. The molecule has 1 aromatic carbocycles. The first-order valence-electron chi connectivity index (χ1n) is 9.22. The van der Waals surface area contributed by atoms with E-state index in [4.69, 9.17) is 11.6 Å². The summed E-state index contributed by atoms with van der Waals surface area (Å²) in [4.78, 5) is 15.2. The topological polar surface area (TPSA) is 49.0 Å². The van der Waals surface area contributed by atoms with Crippen molar-refractivity contribution in [2.45, 2.75) is 57.9 Å². The molecule has 134 valence electrons. The molecule has 0 unspecified atom stereocenters. The monoisotopic (exact) mass is 359 g/mol. The zero-order valence-electron chi connectivity index (χ0n) is 15.0. The maximum absolute atomic E-state index is 13.3. The first-order valence-corrected chi connectivity index (χ1v) is 9.60. The van der Waals surface area contributed by atoms with E-state index in [0.717, 1.165) is 48.2 Å². The van der Waals surface area contributed by atoms with E-state index in [0.29, 0.717) is 11.1 Å². The van der Waals surface area contributed by atoms with Gasteiger partial charge in [0.15, 0.2) is 0 Å². The predicted octanol–water partition coefficient (Wildman–Crippen LogP) is 5.09. The van der Waals surface area contributed by atoms with E-state index in [1.807, 2.05) is 36.2 Å². The normalized spacial score (nSPS) is 15.3. The SMILES string of the molecule is CCCc1[nH]nc(-c2ccc(Cl)cc2)c1C(=O)N(C)C1CCCCC1. The van der Waals surface area contributed by atoms with E-state index in [1.165, 1.54) is 19.3 Å². The van der Waals surface area contributed by atoms with Crippen LogP contribution in [0.3, 0.4) is 0 Å². The Morgan fingerprint density at radius 3 is 2.56 bits per heavy atom. The largest absolute Gasteiger partial charge is 0.339 e. The third-order valence-corrected chi connectivity index (χ3v) is 5.37. The van der Waals surface area contributed by atoms with Gasteiger partial charge in [-0.05, 0) is 31.4 Å². The molecule has 0 bridgehead atoms. The molecule has 5 heteroatoms. The molecule has 1 aliphatic carbocycles. The molecule has 0 saturated heterocycles. The molecule has 2 aromatic rings. The lowest BCUT2D eigenvalue weighted by molar-refractivity contribution is 0.0696. The van der Waals surface area contributed by atoms with Crippen LogP contribution < -0.4 is 0 Å². The fourth-order valence-corrected chi connectivity index (χ4v) is 3.79. The molecule has 1 amide bonds. The van der Waals surface area contributed by atoms with Crippen molar-refractivity contribution in [2.24, 2.45) is 0 Å². The summed E-state index contributed by atoms with van der Waals surface area (Å²) in [6.07, 6.45) is 7.68. The highest BCUT2D eigenvalue weighted by atomic mass is 35.5. The van der Waals surface area contributed by atoms with E-state index in [1.54, 1.807) is 0 Å². The minimum atomic E-state index is 0.0778. The van der Waals surface area contributed by atoms with Gasteiger partial charge in [-0.2, -0.15) is 5.10 Å². The minimum Gasteiger partial charge on any atom is -0.339 e. The van der Waals surface area contributed by atoms with Crippen molar-refractivity contribution >= 4 is 17.5 Å². The molecule has 0 atom stereocenters. The number of benzene rings is 1. The number of aromatic amines is 1. The average molecular weight is 360 g/mol. The molecule has 4 nitrogen and oxygen atoms in total. The van der Waals surface area contributed by atoms with E-state index >= 15 is 0 Å². The molecule has 0 radical (unpaired) electrons. The standard InChI is InChI=1S/C20H26ClN3O/c1-3-7-17-18(20(25)24(2)16-8-5-4-6-9-16)19(23-22-17)14-10-12-15(21)13-11-14/h10-13,16H,3-9H2,1-2H3,(H,22,23). The number of hydrogen-bond acceptors (Lipinski definition) is 2. The lowest BCUT2D eigenvalue weighted by atomic mass is 9.93. The van der Waals surface area contributed by atoms with E-state index < -0.39 is 0 Å². The highest BCUT2D eigenvalue weighted by Crippen LogP contribution is 2.29. The second-order valence-corrected chi connectivity index (χ2v) is 7.33. The third kappa shape index (κ3) is 3.90. The Morgan fingerprint density at radius 2 is 1.92 bits per heavy atom. The second kappa shape index (κ2) is 8.05. The van der Waals surface area contributed by atoms with Gasteiger partial charge in [0.2, 0.25) is 0 Å². The summed E-state index contributed by atoms with van der Waals surface area (Å²) in [5, 5.41) is 8.25. The lowest BCUT2D eigenvalue weighted by Gasteiger charge is -2.31. The van der Waals surface area contributed by atoms with Gasteiger partial charge in [0.1, 0.15) is 5.69 Å². The Bertz CT molecular complexity index is 717. The Kier molecular flexibility index (Phi) is 5.79. The zero-order chi connectivity index (χ0) is 17.8. The maximum atomic E-state index is 13.3. The van der Waals surface area contributed by atoms with Crippen molar-refractivity contribution in [3.8, 4) is 11.3 Å². The van der Waals surface area contributed by atoms with Crippen LogP contribution in [-0.4, -0.2) is 34.1 Å². The van der Waals surface area contributed by atoms with Crippen molar-refractivity contribution in [3.05, 3.63) is 40.5 Å². The highest BCUT2D eigenvalue weighted by molar-refractivity contribution is 6.30. The molecule has 1 saturated carbocycles. The number of amides is 1. The summed E-state index contributed by atoms with van der Waals surface area (Å²) < 4.78 is 0. The Hall–Kier alpha value is -1.81. The van der Waals surface area contributed by atoms with Gasteiger partial charge in [-0.3, -0.25) is 9.89 Å². The van der Waals surface area contributed by atoms with Crippen molar-refractivity contribution in [1.29, 1.82) is 0 Å². The molecule has 3 rings (SSSR count). The highest BCUT2D eigenvalue weighted by Gasteiger charge is 2.28. The fourth-order valence-electron chi connectivity index (χ4n) is 3.67. The van der Waals surface area contributed by atoms with Gasteiger partial charge in [-0.1, -0.05) is 56.3 Å². The Balaban J connectivity index is 1.95. The number of hydrogen-bond donors (Lipinski definition) is 1. The lowest BCUT2D eigenvalue weighted by Crippen LogP contribution is -2.38. The van der Waals surface area contributed by atoms with Gasteiger partial charge in [0, 0.05) is 29.4 Å². The zero-order valence-corrected chi connectivity index (χ0v) is 15.8. The van der Waals surface area contributed by atoms with E-state index in [2.05, 4.69) is 17.1 Å². The van der Waals surface area contributed by atoms with Gasteiger partial charge >= 0.3 is 0 Å². The van der Waals surface area contributed by atoms with Gasteiger partial charge in [-0.25, -0.2) is 0 Å².